The molecule has 3 aromatic rings. The highest BCUT2D eigenvalue weighted by molar-refractivity contribution is 6.07. The number of nitrogens with one attached hydrogen (secondary N) is 1. The van der Waals surface area contributed by atoms with Crippen LogP contribution >= 0.6 is 0 Å². The van der Waals surface area contributed by atoms with Crippen LogP contribution < -0.4 is 22.3 Å². The molecule has 7 heteroatoms. The topological polar surface area (TPSA) is 99.1 Å². The summed E-state index contributed by atoms with van der Waals surface area (Å²) in [6, 6.07) is 14.2. The van der Waals surface area contributed by atoms with Crippen LogP contribution in [0.4, 0.5) is 11.5 Å². The number of aryl methyl sites for hydroxylation is 2. The van der Waals surface area contributed by atoms with E-state index in [0.717, 1.165) is 20.3 Å². The van der Waals surface area contributed by atoms with Gasteiger partial charge in [-0.2, -0.15) is 0 Å². The van der Waals surface area contributed by atoms with E-state index in [0.29, 0.717) is 11.4 Å². The second kappa shape index (κ2) is 6.95. The van der Waals surface area contributed by atoms with E-state index in [-0.39, 0.29) is 11.4 Å². The van der Waals surface area contributed by atoms with Gasteiger partial charge in [-0.05, 0) is 37.1 Å². The molecule has 0 saturated heterocycles. The Morgan fingerprint density at radius 1 is 0.963 bits per heavy atom. The number of hydrogen-bond acceptors (Lipinski definition) is 4. The van der Waals surface area contributed by atoms with Crippen LogP contribution in [0.15, 0.2) is 58.1 Å². The second-order valence-electron chi connectivity index (χ2n) is 6.30. The van der Waals surface area contributed by atoms with Gasteiger partial charge in [0.25, 0.3) is 11.5 Å². The van der Waals surface area contributed by atoms with Crippen LogP contribution in [0.25, 0.3) is 5.69 Å². The van der Waals surface area contributed by atoms with Gasteiger partial charge in [-0.3, -0.25) is 14.2 Å². The van der Waals surface area contributed by atoms with Gasteiger partial charge in [0.2, 0.25) is 0 Å². The lowest BCUT2D eigenvalue weighted by Gasteiger charge is -2.16. The van der Waals surface area contributed by atoms with E-state index in [1.165, 1.54) is 7.05 Å². The molecule has 0 atom stereocenters. The Balaban J connectivity index is 2.19. The van der Waals surface area contributed by atoms with E-state index in [2.05, 4.69) is 5.32 Å². The van der Waals surface area contributed by atoms with Gasteiger partial charge < -0.3 is 11.1 Å². The highest BCUT2D eigenvalue weighted by atomic mass is 16.2. The largest absolute Gasteiger partial charge is 0.384 e. The van der Waals surface area contributed by atoms with E-state index in [9.17, 15) is 14.4 Å². The van der Waals surface area contributed by atoms with Crippen LogP contribution in [0.1, 0.15) is 21.5 Å². The van der Waals surface area contributed by atoms with Gasteiger partial charge in [0.15, 0.2) is 0 Å². The summed E-state index contributed by atoms with van der Waals surface area (Å²) in [5.41, 5.74) is 7.27. The minimum atomic E-state index is -0.742. The molecule has 0 spiro atoms. The molecule has 2 aromatic carbocycles. The number of para-hydroxylation sites is 2. The Hall–Kier alpha value is -3.61. The van der Waals surface area contributed by atoms with Crippen molar-refractivity contribution in [2.75, 3.05) is 11.1 Å². The maximum Gasteiger partial charge on any atom is 0.336 e. The third-order valence-corrected chi connectivity index (χ3v) is 4.45. The molecule has 0 aliphatic heterocycles. The minimum Gasteiger partial charge on any atom is -0.384 e. The van der Waals surface area contributed by atoms with E-state index in [1.807, 2.05) is 32.0 Å². The summed E-state index contributed by atoms with van der Waals surface area (Å²) in [6.07, 6.45) is 0. The van der Waals surface area contributed by atoms with Crippen molar-refractivity contribution in [1.29, 1.82) is 0 Å². The number of hydrogen-bond donors (Lipinski definition) is 2. The SMILES string of the molecule is Cc1cccc(C)c1NC(=O)c1c(N)n(-c2ccccc2)c(=O)n(C)c1=O. The summed E-state index contributed by atoms with van der Waals surface area (Å²) in [6.45, 7) is 3.71. The molecule has 0 bridgehead atoms. The first-order valence-electron chi connectivity index (χ1n) is 8.37. The Morgan fingerprint density at radius 3 is 2.15 bits per heavy atom. The van der Waals surface area contributed by atoms with Gasteiger partial charge in [0, 0.05) is 12.7 Å². The average molecular weight is 364 g/mol. The summed E-state index contributed by atoms with van der Waals surface area (Å²) in [4.78, 5) is 38.1. The van der Waals surface area contributed by atoms with Crippen LogP contribution in [0.3, 0.4) is 0 Å². The highest BCUT2D eigenvalue weighted by Crippen LogP contribution is 2.21. The molecule has 0 aliphatic rings. The Morgan fingerprint density at radius 2 is 1.56 bits per heavy atom. The van der Waals surface area contributed by atoms with Crippen LogP contribution in [-0.4, -0.2) is 15.0 Å². The maximum absolute atomic E-state index is 12.9. The molecule has 0 radical (unpaired) electrons. The Kier molecular flexibility index (Phi) is 4.68. The number of rotatable bonds is 3. The van der Waals surface area contributed by atoms with Gasteiger partial charge in [-0.1, -0.05) is 36.4 Å². The molecule has 0 aliphatic carbocycles. The maximum atomic E-state index is 12.9. The zero-order valence-corrected chi connectivity index (χ0v) is 15.3. The standard InChI is InChI=1S/C20H20N4O3/c1-12-8-7-9-13(2)16(12)22-18(25)15-17(21)24(14-10-5-4-6-11-14)20(27)23(3)19(15)26/h4-11H,21H2,1-3H3,(H,22,25). The summed E-state index contributed by atoms with van der Waals surface area (Å²) in [7, 11) is 1.32. The fourth-order valence-corrected chi connectivity index (χ4v) is 2.96. The van der Waals surface area contributed by atoms with Gasteiger partial charge in [-0.25, -0.2) is 9.36 Å². The van der Waals surface area contributed by atoms with Crippen molar-refractivity contribution in [3.05, 3.63) is 86.1 Å². The van der Waals surface area contributed by atoms with Crippen molar-refractivity contribution in [3.8, 4) is 5.69 Å². The number of aromatic nitrogens is 2. The van der Waals surface area contributed by atoms with Crippen molar-refractivity contribution < 1.29 is 4.79 Å². The van der Waals surface area contributed by atoms with Crippen molar-refractivity contribution in [1.82, 2.24) is 9.13 Å². The summed E-state index contributed by atoms with van der Waals surface area (Å²) < 4.78 is 2.03. The fraction of sp³-hybridized carbons (Fsp3) is 0.150. The highest BCUT2D eigenvalue weighted by Gasteiger charge is 2.23. The van der Waals surface area contributed by atoms with E-state index >= 15 is 0 Å². The second-order valence-corrected chi connectivity index (χ2v) is 6.30. The molecular formula is C20H20N4O3. The summed E-state index contributed by atoms with van der Waals surface area (Å²) in [5, 5.41) is 2.75. The van der Waals surface area contributed by atoms with Crippen molar-refractivity contribution >= 4 is 17.4 Å². The minimum absolute atomic E-state index is 0.196. The fourth-order valence-electron chi connectivity index (χ4n) is 2.96. The van der Waals surface area contributed by atoms with Gasteiger partial charge in [0.05, 0.1) is 5.69 Å². The third kappa shape index (κ3) is 3.15. The molecule has 3 rings (SSSR count). The molecule has 138 valence electrons. The smallest absolute Gasteiger partial charge is 0.336 e. The van der Waals surface area contributed by atoms with E-state index < -0.39 is 17.2 Å². The molecule has 27 heavy (non-hydrogen) atoms. The first-order chi connectivity index (χ1) is 12.8. The molecule has 3 N–H and O–H groups in total. The molecule has 1 heterocycles. The number of amides is 1. The predicted molar refractivity (Wildman–Crippen MR) is 106 cm³/mol. The summed E-state index contributed by atoms with van der Waals surface area (Å²) >= 11 is 0. The first kappa shape index (κ1) is 18.2. The lowest BCUT2D eigenvalue weighted by atomic mass is 10.1. The molecule has 7 nitrogen and oxygen atoms in total. The molecule has 0 fully saturated rings. The molecular weight excluding hydrogens is 344 g/mol. The van der Waals surface area contributed by atoms with E-state index in [1.54, 1.807) is 30.3 Å². The van der Waals surface area contributed by atoms with Crippen LogP contribution in [0, 0.1) is 13.8 Å². The van der Waals surface area contributed by atoms with Crippen LogP contribution in [0.5, 0.6) is 0 Å². The average Bonchev–Trinajstić information content (AvgIpc) is 2.64. The van der Waals surface area contributed by atoms with Crippen molar-refractivity contribution in [2.45, 2.75) is 13.8 Å². The number of benzene rings is 2. The molecule has 0 saturated carbocycles. The van der Waals surface area contributed by atoms with Crippen molar-refractivity contribution in [3.63, 3.8) is 0 Å². The van der Waals surface area contributed by atoms with Gasteiger partial charge in [-0.15, -0.1) is 0 Å². The molecule has 0 unspecified atom stereocenters. The van der Waals surface area contributed by atoms with Gasteiger partial charge >= 0.3 is 5.69 Å². The molecule has 1 aromatic heterocycles. The monoisotopic (exact) mass is 364 g/mol. The number of carbonyl (C=O) groups excluding carboxylic acids is 1. The lowest BCUT2D eigenvalue weighted by Crippen LogP contribution is -2.43. The first-order valence-corrected chi connectivity index (χ1v) is 8.37. The molecule has 1 amide bonds. The summed E-state index contributed by atoms with van der Waals surface area (Å²) in [5.74, 6) is -0.854. The third-order valence-electron chi connectivity index (χ3n) is 4.45. The lowest BCUT2D eigenvalue weighted by molar-refractivity contribution is 0.102. The van der Waals surface area contributed by atoms with Crippen molar-refractivity contribution in [2.24, 2.45) is 7.05 Å². The number of anilines is 2. The number of carbonyl (C=O) groups is 1. The van der Waals surface area contributed by atoms with Crippen LogP contribution in [-0.2, 0) is 7.05 Å². The Bertz CT molecular complexity index is 1120. The number of nitrogens with two attached hydrogens (primary N) is 1. The quantitative estimate of drug-likeness (QED) is 0.742. The zero-order chi connectivity index (χ0) is 19.7. The predicted octanol–water partition coefficient (Wildman–Crippen LogP) is 1.99. The van der Waals surface area contributed by atoms with Gasteiger partial charge in [0.1, 0.15) is 11.4 Å². The van der Waals surface area contributed by atoms with E-state index in [4.69, 9.17) is 5.73 Å². The Labute approximate surface area is 155 Å². The number of nitrogen functional groups attached to an aromatic ring is 1. The normalized spacial score (nSPS) is 10.6. The zero-order valence-electron chi connectivity index (χ0n) is 15.3. The number of nitrogens with zero attached hydrogens (tertiary/aromatic N) is 2. The van der Waals surface area contributed by atoms with Crippen LogP contribution in [0.2, 0.25) is 0 Å².